The second kappa shape index (κ2) is 8.36. The minimum absolute atomic E-state index is 0.00614. The molecule has 2 aromatic carbocycles. The van der Waals surface area contributed by atoms with Crippen molar-refractivity contribution in [3.8, 4) is 5.69 Å². The van der Waals surface area contributed by atoms with E-state index in [-0.39, 0.29) is 17.2 Å². The highest BCUT2D eigenvalue weighted by atomic mass is 35.5. The van der Waals surface area contributed by atoms with E-state index >= 15 is 0 Å². The minimum Gasteiger partial charge on any atom is -0.325 e. The zero-order chi connectivity index (χ0) is 20.4. The largest absolute Gasteiger partial charge is 0.325 e. The molecule has 146 valence electrons. The monoisotopic (exact) mass is 445 g/mol. The van der Waals surface area contributed by atoms with E-state index in [0.717, 1.165) is 11.8 Å². The Morgan fingerprint density at radius 2 is 2.00 bits per heavy atom. The number of aromatic nitrogens is 2. The molecule has 0 radical (unpaired) electrons. The van der Waals surface area contributed by atoms with Gasteiger partial charge in [-0.1, -0.05) is 29.4 Å². The van der Waals surface area contributed by atoms with E-state index in [2.05, 4.69) is 10.3 Å². The fraction of sp³-hybridized carbons (Fsp3) is 0.0500. The van der Waals surface area contributed by atoms with Gasteiger partial charge in [-0.25, -0.2) is 9.37 Å². The molecule has 4 rings (SSSR count). The summed E-state index contributed by atoms with van der Waals surface area (Å²) in [6.45, 7) is 0. The maximum atomic E-state index is 13.3. The zero-order valence-corrected chi connectivity index (χ0v) is 17.2. The van der Waals surface area contributed by atoms with Crippen LogP contribution in [0, 0.1) is 5.82 Å². The SMILES string of the molecule is O=C(CSc1nc2ccsc2c(=O)n1-c1ccc(Cl)cc1)Nc1cccc(F)c1. The molecule has 0 spiro atoms. The van der Waals surface area contributed by atoms with Crippen molar-refractivity contribution in [1.82, 2.24) is 9.55 Å². The highest BCUT2D eigenvalue weighted by Gasteiger charge is 2.16. The van der Waals surface area contributed by atoms with Gasteiger partial charge in [-0.15, -0.1) is 11.3 Å². The van der Waals surface area contributed by atoms with Gasteiger partial charge in [0.2, 0.25) is 5.91 Å². The normalized spacial score (nSPS) is 11.0. The van der Waals surface area contributed by atoms with Crippen LogP contribution < -0.4 is 10.9 Å². The van der Waals surface area contributed by atoms with Gasteiger partial charge in [0, 0.05) is 10.7 Å². The number of amides is 1. The van der Waals surface area contributed by atoms with E-state index in [1.807, 2.05) is 0 Å². The highest BCUT2D eigenvalue weighted by molar-refractivity contribution is 7.99. The van der Waals surface area contributed by atoms with Crippen molar-refractivity contribution in [2.45, 2.75) is 5.16 Å². The topological polar surface area (TPSA) is 64.0 Å². The van der Waals surface area contributed by atoms with Gasteiger partial charge in [-0.2, -0.15) is 0 Å². The fourth-order valence-electron chi connectivity index (χ4n) is 2.70. The first-order valence-corrected chi connectivity index (χ1v) is 10.7. The summed E-state index contributed by atoms with van der Waals surface area (Å²) in [6, 6.07) is 14.2. The van der Waals surface area contributed by atoms with E-state index in [9.17, 15) is 14.0 Å². The number of thiophene rings is 1. The van der Waals surface area contributed by atoms with Crippen LogP contribution in [0.15, 0.2) is 69.9 Å². The van der Waals surface area contributed by atoms with Gasteiger partial charge in [-0.3, -0.25) is 14.2 Å². The number of rotatable bonds is 5. The molecular formula is C20H13ClFN3O2S2. The smallest absolute Gasteiger partial charge is 0.276 e. The Balaban J connectivity index is 1.64. The molecule has 4 aromatic rings. The predicted molar refractivity (Wildman–Crippen MR) is 116 cm³/mol. The van der Waals surface area contributed by atoms with E-state index in [4.69, 9.17) is 11.6 Å². The Morgan fingerprint density at radius 1 is 1.21 bits per heavy atom. The molecule has 0 saturated carbocycles. The van der Waals surface area contributed by atoms with Crippen molar-refractivity contribution in [1.29, 1.82) is 0 Å². The molecule has 0 saturated heterocycles. The molecule has 2 heterocycles. The Morgan fingerprint density at radius 3 is 2.76 bits per heavy atom. The molecule has 5 nitrogen and oxygen atoms in total. The third-order valence-corrected chi connectivity index (χ3v) is 6.06. The van der Waals surface area contributed by atoms with Gasteiger partial charge >= 0.3 is 0 Å². The first kappa shape index (κ1) is 19.6. The average Bonchev–Trinajstić information content (AvgIpc) is 3.16. The molecule has 9 heteroatoms. The summed E-state index contributed by atoms with van der Waals surface area (Å²) >= 11 is 8.41. The summed E-state index contributed by atoms with van der Waals surface area (Å²) in [5.74, 6) is -0.758. The van der Waals surface area contributed by atoms with Gasteiger partial charge in [0.05, 0.1) is 17.0 Å². The van der Waals surface area contributed by atoms with Crippen LogP contribution in [-0.4, -0.2) is 21.2 Å². The molecule has 2 aromatic heterocycles. The van der Waals surface area contributed by atoms with Gasteiger partial charge in [0.15, 0.2) is 5.16 Å². The maximum Gasteiger partial charge on any atom is 0.276 e. The maximum absolute atomic E-state index is 13.3. The number of hydrogen-bond donors (Lipinski definition) is 1. The van der Waals surface area contributed by atoms with Crippen LogP contribution in [0.3, 0.4) is 0 Å². The summed E-state index contributed by atoms with van der Waals surface area (Å²) in [5.41, 5.74) is 1.35. The molecule has 0 bridgehead atoms. The Labute approximate surface area is 178 Å². The molecule has 0 aliphatic rings. The number of nitrogens with zero attached hydrogens (tertiary/aromatic N) is 2. The molecular weight excluding hydrogens is 433 g/mol. The molecule has 1 amide bonds. The lowest BCUT2D eigenvalue weighted by Crippen LogP contribution is -2.22. The fourth-order valence-corrected chi connectivity index (χ4v) is 4.40. The number of carbonyl (C=O) groups is 1. The first-order valence-electron chi connectivity index (χ1n) is 8.46. The van der Waals surface area contributed by atoms with Gasteiger partial charge in [-0.05, 0) is 53.9 Å². The number of thioether (sulfide) groups is 1. The molecule has 0 atom stereocenters. The van der Waals surface area contributed by atoms with Crippen LogP contribution in [0.25, 0.3) is 15.9 Å². The van der Waals surface area contributed by atoms with Crippen molar-refractivity contribution in [3.05, 3.63) is 81.2 Å². The van der Waals surface area contributed by atoms with Crippen LogP contribution in [0.5, 0.6) is 0 Å². The summed E-state index contributed by atoms with van der Waals surface area (Å²) in [7, 11) is 0. The first-order chi connectivity index (χ1) is 14.0. The van der Waals surface area contributed by atoms with Crippen molar-refractivity contribution in [2.24, 2.45) is 0 Å². The number of carbonyl (C=O) groups excluding carboxylic acids is 1. The standard InChI is InChI=1S/C20H13ClFN3O2S2/c21-12-4-6-15(7-5-12)25-19(27)18-16(8-9-28-18)24-20(25)29-11-17(26)23-14-3-1-2-13(22)10-14/h1-10H,11H2,(H,23,26). The molecule has 0 aliphatic heterocycles. The molecule has 0 aliphatic carbocycles. The van der Waals surface area contributed by atoms with E-state index in [1.165, 1.54) is 34.1 Å². The summed E-state index contributed by atoms with van der Waals surface area (Å²) in [6.07, 6.45) is 0. The van der Waals surface area contributed by atoms with Gasteiger partial charge in [0.25, 0.3) is 5.56 Å². The molecule has 0 unspecified atom stereocenters. The van der Waals surface area contributed by atoms with Crippen LogP contribution in [0.2, 0.25) is 5.02 Å². The third kappa shape index (κ3) is 4.34. The average molecular weight is 446 g/mol. The predicted octanol–water partition coefficient (Wildman–Crippen LogP) is 4.97. The number of fused-ring (bicyclic) bond motifs is 1. The van der Waals surface area contributed by atoms with Crippen molar-refractivity contribution < 1.29 is 9.18 Å². The van der Waals surface area contributed by atoms with Crippen LogP contribution in [0.4, 0.5) is 10.1 Å². The van der Waals surface area contributed by atoms with E-state index in [0.29, 0.717) is 31.8 Å². The number of halogens is 2. The molecule has 29 heavy (non-hydrogen) atoms. The molecule has 0 fully saturated rings. The minimum atomic E-state index is -0.434. The lowest BCUT2D eigenvalue weighted by Gasteiger charge is -2.12. The Hall–Kier alpha value is -2.68. The lowest BCUT2D eigenvalue weighted by atomic mass is 10.3. The number of hydrogen-bond acceptors (Lipinski definition) is 5. The second-order valence-electron chi connectivity index (χ2n) is 5.99. The van der Waals surface area contributed by atoms with Crippen LogP contribution >= 0.6 is 34.7 Å². The number of nitrogens with one attached hydrogen (secondary N) is 1. The number of anilines is 1. The summed E-state index contributed by atoms with van der Waals surface area (Å²) < 4.78 is 15.3. The van der Waals surface area contributed by atoms with Crippen molar-refractivity contribution in [2.75, 3.05) is 11.1 Å². The Kier molecular flexibility index (Phi) is 5.66. The summed E-state index contributed by atoms with van der Waals surface area (Å²) in [4.78, 5) is 29.9. The van der Waals surface area contributed by atoms with Gasteiger partial charge in [0.1, 0.15) is 10.5 Å². The number of benzene rings is 2. The molecule has 1 N–H and O–H groups in total. The highest BCUT2D eigenvalue weighted by Crippen LogP contribution is 2.24. The van der Waals surface area contributed by atoms with Gasteiger partial charge < -0.3 is 5.32 Å². The van der Waals surface area contributed by atoms with E-state index < -0.39 is 5.82 Å². The van der Waals surface area contributed by atoms with Crippen molar-refractivity contribution >= 4 is 56.5 Å². The van der Waals surface area contributed by atoms with E-state index in [1.54, 1.807) is 41.8 Å². The van der Waals surface area contributed by atoms with Crippen LogP contribution in [-0.2, 0) is 4.79 Å². The Bertz CT molecular complexity index is 1250. The second-order valence-corrected chi connectivity index (χ2v) is 8.29. The lowest BCUT2D eigenvalue weighted by molar-refractivity contribution is -0.113. The zero-order valence-electron chi connectivity index (χ0n) is 14.8. The van der Waals surface area contributed by atoms with Crippen molar-refractivity contribution in [3.63, 3.8) is 0 Å². The van der Waals surface area contributed by atoms with Crippen LogP contribution in [0.1, 0.15) is 0 Å². The summed E-state index contributed by atoms with van der Waals surface area (Å²) in [5, 5.41) is 5.38. The third-order valence-electron chi connectivity index (χ3n) is 3.97. The quantitative estimate of drug-likeness (QED) is 0.348.